The normalized spacial score (nSPS) is 11.2. The van der Waals surface area contributed by atoms with Gasteiger partial charge in [0.1, 0.15) is 5.76 Å². The Morgan fingerprint density at radius 1 is 1.22 bits per heavy atom. The Labute approximate surface area is 154 Å². The highest BCUT2D eigenvalue weighted by Crippen LogP contribution is 2.31. The second-order valence-corrected chi connectivity index (χ2v) is 6.48. The zero-order chi connectivity index (χ0) is 19.1. The van der Waals surface area contributed by atoms with Crippen molar-refractivity contribution in [3.63, 3.8) is 0 Å². The minimum Gasteiger partial charge on any atom is -0.366 e. The number of aromatic nitrogens is 3. The number of fused-ring (bicyclic) bond motifs is 1. The van der Waals surface area contributed by atoms with Crippen molar-refractivity contribution in [1.82, 2.24) is 14.7 Å². The van der Waals surface area contributed by atoms with Gasteiger partial charge in [0.2, 0.25) is 0 Å². The number of aromatic amines is 1. The van der Waals surface area contributed by atoms with Crippen LogP contribution in [0.1, 0.15) is 27.4 Å². The molecule has 7 nitrogen and oxygen atoms in total. The van der Waals surface area contributed by atoms with E-state index in [1.54, 1.807) is 17.6 Å². The Hall–Kier alpha value is -3.61. The summed E-state index contributed by atoms with van der Waals surface area (Å²) in [5, 5.41) is 3.97. The Morgan fingerprint density at radius 3 is 2.59 bits per heavy atom. The van der Waals surface area contributed by atoms with Crippen LogP contribution in [0.25, 0.3) is 22.2 Å². The fourth-order valence-electron chi connectivity index (χ4n) is 3.41. The van der Waals surface area contributed by atoms with Crippen LogP contribution in [0, 0.1) is 13.8 Å². The molecule has 2 aromatic carbocycles. The Balaban J connectivity index is 1.99. The number of amides is 1. The lowest BCUT2D eigenvalue weighted by Crippen LogP contribution is -2.17. The SMILES string of the molecule is Cc1noc(C)c1-c1cc(C(N)=O)c2[nH]c(=O)n(Cc3ccccc3)c2c1. The molecular weight excluding hydrogens is 344 g/mol. The number of primary amides is 1. The molecule has 0 bridgehead atoms. The van der Waals surface area contributed by atoms with E-state index in [4.69, 9.17) is 10.3 Å². The van der Waals surface area contributed by atoms with Gasteiger partial charge in [-0.05, 0) is 37.1 Å². The summed E-state index contributed by atoms with van der Waals surface area (Å²) in [6.07, 6.45) is 0. The van der Waals surface area contributed by atoms with Gasteiger partial charge in [-0.1, -0.05) is 35.5 Å². The van der Waals surface area contributed by atoms with Crippen LogP contribution in [0.3, 0.4) is 0 Å². The van der Waals surface area contributed by atoms with Crippen LogP contribution in [-0.2, 0) is 6.54 Å². The van der Waals surface area contributed by atoms with E-state index in [0.29, 0.717) is 29.0 Å². The first kappa shape index (κ1) is 16.8. The van der Waals surface area contributed by atoms with Crippen LogP contribution >= 0.6 is 0 Å². The van der Waals surface area contributed by atoms with E-state index >= 15 is 0 Å². The minimum atomic E-state index is -0.610. The molecular formula is C20H18N4O3. The van der Waals surface area contributed by atoms with Crippen molar-refractivity contribution < 1.29 is 9.32 Å². The summed E-state index contributed by atoms with van der Waals surface area (Å²) in [6, 6.07) is 13.2. The fraction of sp³-hybridized carbons (Fsp3) is 0.150. The number of H-pyrrole nitrogens is 1. The molecule has 1 amide bonds. The Morgan fingerprint density at radius 2 is 1.96 bits per heavy atom. The quantitative estimate of drug-likeness (QED) is 0.582. The molecule has 0 aliphatic heterocycles. The van der Waals surface area contributed by atoms with Gasteiger partial charge in [0.15, 0.2) is 0 Å². The number of aryl methyl sites for hydroxylation is 2. The number of hydrogen-bond acceptors (Lipinski definition) is 4. The molecule has 2 heterocycles. The Kier molecular flexibility index (Phi) is 3.92. The number of nitrogens with one attached hydrogen (secondary N) is 1. The van der Waals surface area contributed by atoms with Crippen LogP contribution in [0.15, 0.2) is 51.8 Å². The molecule has 0 fully saturated rings. The molecule has 0 radical (unpaired) electrons. The van der Waals surface area contributed by atoms with Gasteiger partial charge in [0.25, 0.3) is 5.91 Å². The van der Waals surface area contributed by atoms with Gasteiger partial charge in [0.05, 0.1) is 28.8 Å². The van der Waals surface area contributed by atoms with Crippen molar-refractivity contribution in [2.45, 2.75) is 20.4 Å². The molecule has 0 aliphatic carbocycles. The molecule has 4 aromatic rings. The monoisotopic (exact) mass is 362 g/mol. The summed E-state index contributed by atoms with van der Waals surface area (Å²) in [5.74, 6) is 0.0245. The second kappa shape index (κ2) is 6.28. The lowest BCUT2D eigenvalue weighted by Gasteiger charge is -2.08. The van der Waals surface area contributed by atoms with Crippen molar-refractivity contribution in [2.75, 3.05) is 0 Å². The molecule has 3 N–H and O–H groups in total. The maximum absolute atomic E-state index is 12.6. The number of nitrogens with two attached hydrogens (primary N) is 1. The summed E-state index contributed by atoms with van der Waals surface area (Å²) >= 11 is 0. The number of hydrogen-bond donors (Lipinski definition) is 2. The maximum atomic E-state index is 12.6. The first-order valence-electron chi connectivity index (χ1n) is 8.49. The van der Waals surface area contributed by atoms with Crippen molar-refractivity contribution in [3.05, 3.63) is 75.5 Å². The molecule has 7 heteroatoms. The largest absolute Gasteiger partial charge is 0.366 e. The van der Waals surface area contributed by atoms with Gasteiger partial charge in [0, 0.05) is 5.56 Å². The van der Waals surface area contributed by atoms with E-state index in [2.05, 4.69) is 10.1 Å². The Bertz CT molecular complexity index is 1200. The highest BCUT2D eigenvalue weighted by molar-refractivity contribution is 6.06. The van der Waals surface area contributed by atoms with Gasteiger partial charge in [-0.3, -0.25) is 9.36 Å². The van der Waals surface area contributed by atoms with E-state index in [1.165, 1.54) is 0 Å². The minimum absolute atomic E-state index is 0.256. The zero-order valence-electron chi connectivity index (χ0n) is 14.9. The number of carbonyl (C=O) groups is 1. The number of imidazole rings is 1. The molecule has 0 aliphatic rings. The van der Waals surface area contributed by atoms with Crippen LogP contribution in [0.5, 0.6) is 0 Å². The molecule has 4 rings (SSSR count). The van der Waals surface area contributed by atoms with Crippen molar-refractivity contribution in [3.8, 4) is 11.1 Å². The average Bonchev–Trinajstić information content (AvgIpc) is 3.14. The van der Waals surface area contributed by atoms with E-state index in [1.807, 2.05) is 43.3 Å². The van der Waals surface area contributed by atoms with Crippen LogP contribution in [0.2, 0.25) is 0 Å². The molecule has 136 valence electrons. The van der Waals surface area contributed by atoms with Crippen molar-refractivity contribution in [1.29, 1.82) is 0 Å². The smallest absolute Gasteiger partial charge is 0.326 e. The predicted octanol–water partition coefficient (Wildman–Crippen LogP) is 2.75. The highest BCUT2D eigenvalue weighted by atomic mass is 16.5. The third-order valence-corrected chi connectivity index (χ3v) is 4.66. The molecule has 0 unspecified atom stereocenters. The highest BCUT2D eigenvalue weighted by Gasteiger charge is 2.19. The number of nitrogens with zero attached hydrogens (tertiary/aromatic N) is 2. The summed E-state index contributed by atoms with van der Waals surface area (Å²) < 4.78 is 6.85. The predicted molar refractivity (Wildman–Crippen MR) is 102 cm³/mol. The molecule has 27 heavy (non-hydrogen) atoms. The molecule has 0 atom stereocenters. The number of benzene rings is 2. The maximum Gasteiger partial charge on any atom is 0.326 e. The standard InChI is InChI=1S/C20H18N4O3/c1-11-17(12(2)27-23-11)14-8-15(19(21)25)18-16(9-14)24(20(26)22-18)10-13-6-4-3-5-7-13/h3-9H,10H2,1-2H3,(H2,21,25)(H,22,26). The van der Waals surface area contributed by atoms with Crippen LogP contribution in [-0.4, -0.2) is 20.6 Å². The second-order valence-electron chi connectivity index (χ2n) is 6.48. The van der Waals surface area contributed by atoms with Gasteiger partial charge >= 0.3 is 5.69 Å². The molecule has 0 spiro atoms. The summed E-state index contributed by atoms with van der Waals surface area (Å²) in [6.45, 7) is 4.01. The first-order valence-corrected chi connectivity index (χ1v) is 8.49. The lowest BCUT2D eigenvalue weighted by atomic mass is 10.00. The van der Waals surface area contributed by atoms with E-state index in [-0.39, 0.29) is 11.3 Å². The molecule has 0 saturated carbocycles. The van der Waals surface area contributed by atoms with Gasteiger partial charge in [-0.2, -0.15) is 0 Å². The number of carbonyl (C=O) groups excluding carboxylic acids is 1. The topological polar surface area (TPSA) is 107 Å². The molecule has 0 saturated heterocycles. The lowest BCUT2D eigenvalue weighted by molar-refractivity contribution is 0.100. The van der Waals surface area contributed by atoms with E-state index in [0.717, 1.165) is 16.7 Å². The van der Waals surface area contributed by atoms with E-state index < -0.39 is 5.91 Å². The van der Waals surface area contributed by atoms with E-state index in [9.17, 15) is 9.59 Å². The summed E-state index contributed by atoms with van der Waals surface area (Å²) in [4.78, 5) is 27.4. The van der Waals surface area contributed by atoms with Gasteiger partial charge in [-0.15, -0.1) is 0 Å². The van der Waals surface area contributed by atoms with Gasteiger partial charge < -0.3 is 15.2 Å². The summed E-state index contributed by atoms with van der Waals surface area (Å²) in [7, 11) is 0. The first-order chi connectivity index (χ1) is 13.0. The fourth-order valence-corrected chi connectivity index (χ4v) is 3.41. The molecule has 2 aromatic heterocycles. The van der Waals surface area contributed by atoms with Crippen LogP contribution in [0.4, 0.5) is 0 Å². The van der Waals surface area contributed by atoms with Gasteiger partial charge in [-0.25, -0.2) is 4.79 Å². The number of rotatable bonds is 4. The summed E-state index contributed by atoms with van der Waals surface area (Å²) in [5.41, 5.74) is 9.77. The average molecular weight is 362 g/mol. The zero-order valence-corrected chi connectivity index (χ0v) is 14.9. The van der Waals surface area contributed by atoms with Crippen molar-refractivity contribution >= 4 is 16.9 Å². The van der Waals surface area contributed by atoms with Crippen molar-refractivity contribution in [2.24, 2.45) is 5.73 Å². The van der Waals surface area contributed by atoms with Crippen LogP contribution < -0.4 is 11.4 Å². The third-order valence-electron chi connectivity index (χ3n) is 4.66. The third kappa shape index (κ3) is 2.83.